The SMILES string of the molecule is CC(C)[C@H](NC(=O)OCC1c2ccccc2-c2ccccc21)C(=O)C[C@@H](CCCNC(N)=O)C(=O)Nc1ccc(COS(C)(=O)=O)cc1. The number of hydrogen-bond donors (Lipinski definition) is 4. The summed E-state index contributed by atoms with van der Waals surface area (Å²) in [5.74, 6) is -1.98. The molecular formula is C35H42N4O8S. The quantitative estimate of drug-likeness (QED) is 0.124. The molecule has 0 spiro atoms. The number of benzene rings is 3. The molecular weight excluding hydrogens is 636 g/mol. The lowest BCUT2D eigenvalue weighted by molar-refractivity contribution is -0.128. The fraction of sp³-hybridized carbons (Fsp3) is 0.371. The molecule has 0 saturated heterocycles. The maximum atomic E-state index is 13.6. The van der Waals surface area contributed by atoms with E-state index < -0.39 is 40.1 Å². The van der Waals surface area contributed by atoms with Crippen LogP contribution in [0.2, 0.25) is 0 Å². The van der Waals surface area contributed by atoms with Gasteiger partial charge >= 0.3 is 12.1 Å². The van der Waals surface area contributed by atoms with Gasteiger partial charge in [-0.05, 0) is 58.7 Å². The Bertz CT molecular complexity index is 1680. The van der Waals surface area contributed by atoms with Crippen molar-refractivity contribution in [1.82, 2.24) is 10.6 Å². The lowest BCUT2D eigenvalue weighted by atomic mass is 9.89. The summed E-state index contributed by atoms with van der Waals surface area (Å²) >= 11 is 0. The molecule has 3 aromatic rings. The summed E-state index contributed by atoms with van der Waals surface area (Å²) in [6.07, 6.45) is 0.695. The van der Waals surface area contributed by atoms with E-state index in [1.54, 1.807) is 38.1 Å². The van der Waals surface area contributed by atoms with Gasteiger partial charge in [-0.25, -0.2) is 9.59 Å². The fourth-order valence-corrected chi connectivity index (χ4v) is 6.10. The van der Waals surface area contributed by atoms with Gasteiger partial charge in [0.2, 0.25) is 5.91 Å². The number of carbonyl (C=O) groups excluding carboxylic acids is 4. The van der Waals surface area contributed by atoms with Gasteiger partial charge in [-0.15, -0.1) is 0 Å². The zero-order valence-electron chi connectivity index (χ0n) is 27.2. The molecule has 12 nitrogen and oxygen atoms in total. The number of nitrogens with one attached hydrogen (secondary N) is 3. The molecule has 0 unspecified atom stereocenters. The van der Waals surface area contributed by atoms with E-state index in [2.05, 4.69) is 16.0 Å². The molecule has 4 amide bonds. The van der Waals surface area contributed by atoms with Crippen molar-refractivity contribution in [2.75, 3.05) is 24.7 Å². The number of anilines is 1. The van der Waals surface area contributed by atoms with Gasteiger partial charge in [-0.1, -0.05) is 74.5 Å². The first-order chi connectivity index (χ1) is 22.8. The number of ketones is 1. The largest absolute Gasteiger partial charge is 0.449 e. The third-order valence-corrected chi connectivity index (χ3v) is 8.68. The minimum Gasteiger partial charge on any atom is -0.449 e. The van der Waals surface area contributed by atoms with Crippen molar-refractivity contribution in [3.8, 4) is 11.1 Å². The van der Waals surface area contributed by atoms with E-state index in [9.17, 15) is 27.6 Å². The number of hydrogen-bond acceptors (Lipinski definition) is 8. The number of urea groups is 1. The van der Waals surface area contributed by atoms with E-state index in [-0.39, 0.29) is 50.2 Å². The van der Waals surface area contributed by atoms with Gasteiger partial charge < -0.3 is 26.4 Å². The molecule has 1 aliphatic carbocycles. The molecule has 0 saturated carbocycles. The van der Waals surface area contributed by atoms with E-state index in [1.165, 1.54) is 0 Å². The topological polar surface area (TPSA) is 183 Å². The molecule has 13 heteroatoms. The summed E-state index contributed by atoms with van der Waals surface area (Å²) < 4.78 is 33.0. The van der Waals surface area contributed by atoms with E-state index >= 15 is 0 Å². The van der Waals surface area contributed by atoms with Crippen LogP contribution >= 0.6 is 0 Å². The normalized spacial score (nSPS) is 13.6. The number of fused-ring (bicyclic) bond motifs is 3. The predicted molar refractivity (Wildman–Crippen MR) is 181 cm³/mol. The summed E-state index contributed by atoms with van der Waals surface area (Å²) in [6.45, 7) is 3.76. The maximum Gasteiger partial charge on any atom is 0.407 e. The van der Waals surface area contributed by atoms with Crippen molar-refractivity contribution in [3.05, 3.63) is 89.5 Å². The molecule has 1 aliphatic rings. The molecule has 2 atom stereocenters. The van der Waals surface area contributed by atoms with Gasteiger partial charge in [0.05, 0.1) is 18.9 Å². The van der Waals surface area contributed by atoms with Crippen molar-refractivity contribution >= 4 is 39.6 Å². The summed E-state index contributed by atoms with van der Waals surface area (Å²) in [5.41, 5.74) is 10.5. The molecule has 0 aliphatic heterocycles. The Hall–Kier alpha value is -4.75. The van der Waals surface area contributed by atoms with Crippen LogP contribution in [0.25, 0.3) is 11.1 Å². The van der Waals surface area contributed by atoms with Crippen LogP contribution < -0.4 is 21.7 Å². The molecule has 5 N–H and O–H groups in total. The first-order valence-electron chi connectivity index (χ1n) is 15.7. The Morgan fingerprint density at radius 3 is 2.06 bits per heavy atom. The Morgan fingerprint density at radius 2 is 1.50 bits per heavy atom. The van der Waals surface area contributed by atoms with Gasteiger partial charge in [0.1, 0.15) is 6.61 Å². The smallest absolute Gasteiger partial charge is 0.407 e. The van der Waals surface area contributed by atoms with Gasteiger partial charge in [-0.2, -0.15) is 8.42 Å². The highest BCUT2D eigenvalue weighted by Gasteiger charge is 2.32. The molecule has 0 radical (unpaired) electrons. The summed E-state index contributed by atoms with van der Waals surface area (Å²) in [4.78, 5) is 51.2. The minimum absolute atomic E-state index is 0.0932. The van der Waals surface area contributed by atoms with Crippen molar-refractivity contribution in [1.29, 1.82) is 0 Å². The molecule has 48 heavy (non-hydrogen) atoms. The van der Waals surface area contributed by atoms with Gasteiger partial charge in [0.25, 0.3) is 10.1 Å². The monoisotopic (exact) mass is 678 g/mol. The van der Waals surface area contributed by atoms with Crippen molar-refractivity contribution in [2.45, 2.75) is 51.7 Å². The van der Waals surface area contributed by atoms with Crippen LogP contribution in [0.3, 0.4) is 0 Å². The highest BCUT2D eigenvalue weighted by atomic mass is 32.2. The number of primary amides is 1. The second-order valence-corrected chi connectivity index (χ2v) is 13.8. The standard InChI is InChI=1S/C35H42N4O8S/c1-22(2)32(39-35(43)46-21-30-28-12-6-4-10-26(28)27-11-5-7-13-29(27)30)31(40)19-24(9-8-18-37-34(36)42)33(41)38-25-16-14-23(15-17-25)20-47-48(3,44)45/h4-7,10-17,22,24,30,32H,8-9,18-21H2,1-3H3,(H,38,41)(H,39,43)(H3,36,37,42)/t24-,32+/m1/s1. The maximum absolute atomic E-state index is 13.6. The van der Waals surface area contributed by atoms with Gasteiger partial charge in [0.15, 0.2) is 5.78 Å². The van der Waals surface area contributed by atoms with Crippen LogP contribution in [-0.2, 0) is 35.2 Å². The number of nitrogens with two attached hydrogens (primary N) is 1. The third-order valence-electron chi connectivity index (χ3n) is 8.14. The lowest BCUT2D eigenvalue weighted by Gasteiger charge is -2.24. The highest BCUT2D eigenvalue weighted by molar-refractivity contribution is 7.85. The van der Waals surface area contributed by atoms with Crippen LogP contribution in [0.4, 0.5) is 15.3 Å². The third kappa shape index (κ3) is 10.1. The number of carbonyl (C=O) groups is 4. The summed E-state index contributed by atoms with van der Waals surface area (Å²) in [5, 5.41) is 8.00. The van der Waals surface area contributed by atoms with Crippen molar-refractivity contribution in [3.63, 3.8) is 0 Å². The molecule has 4 rings (SSSR count). The zero-order valence-corrected chi connectivity index (χ0v) is 28.0. The first kappa shape index (κ1) is 36.1. The van der Waals surface area contributed by atoms with E-state index in [4.69, 9.17) is 14.7 Å². The van der Waals surface area contributed by atoms with Crippen LogP contribution in [0.5, 0.6) is 0 Å². The average molecular weight is 679 g/mol. The second-order valence-electron chi connectivity index (χ2n) is 12.1. The molecule has 256 valence electrons. The zero-order chi connectivity index (χ0) is 34.8. The molecule has 0 aromatic heterocycles. The molecule has 0 heterocycles. The molecule has 0 fully saturated rings. The summed E-state index contributed by atoms with van der Waals surface area (Å²) in [6, 6.07) is 20.8. The Balaban J connectivity index is 1.39. The van der Waals surface area contributed by atoms with Gasteiger partial charge in [-0.3, -0.25) is 13.8 Å². The van der Waals surface area contributed by atoms with Crippen LogP contribution in [0, 0.1) is 11.8 Å². The van der Waals surface area contributed by atoms with E-state index in [1.807, 2.05) is 48.5 Å². The fourth-order valence-electron chi connectivity index (χ4n) is 5.75. The number of rotatable bonds is 16. The molecule has 3 aromatic carbocycles. The van der Waals surface area contributed by atoms with Crippen LogP contribution in [-0.4, -0.2) is 57.7 Å². The lowest BCUT2D eigenvalue weighted by Crippen LogP contribution is -2.46. The first-order valence-corrected chi connectivity index (χ1v) is 17.6. The van der Waals surface area contributed by atoms with E-state index in [0.717, 1.165) is 28.5 Å². The Labute approximate surface area is 280 Å². The average Bonchev–Trinajstić information content (AvgIpc) is 3.36. The molecule has 0 bridgehead atoms. The second kappa shape index (κ2) is 16.4. The van der Waals surface area contributed by atoms with Gasteiger partial charge in [0, 0.05) is 30.5 Å². The van der Waals surface area contributed by atoms with Crippen LogP contribution in [0.1, 0.15) is 55.7 Å². The number of amides is 4. The number of alkyl carbamates (subject to hydrolysis) is 1. The van der Waals surface area contributed by atoms with Crippen LogP contribution in [0.15, 0.2) is 72.8 Å². The highest BCUT2D eigenvalue weighted by Crippen LogP contribution is 2.44. The Morgan fingerprint density at radius 1 is 0.896 bits per heavy atom. The number of Topliss-reactive ketones (excluding diaryl/α,β-unsaturated/α-hetero) is 1. The van der Waals surface area contributed by atoms with Crippen molar-refractivity contribution < 1.29 is 36.5 Å². The predicted octanol–water partition coefficient (Wildman–Crippen LogP) is 4.69. The minimum atomic E-state index is -3.61. The van der Waals surface area contributed by atoms with Crippen molar-refractivity contribution in [2.24, 2.45) is 17.6 Å². The Kier molecular flexibility index (Phi) is 12.3. The van der Waals surface area contributed by atoms with E-state index in [0.29, 0.717) is 17.7 Å². The summed E-state index contributed by atoms with van der Waals surface area (Å²) in [7, 11) is -3.61. The number of ether oxygens (including phenoxy) is 1.